The van der Waals surface area contributed by atoms with Gasteiger partial charge in [-0.25, -0.2) is 8.78 Å². The molecule has 1 atom stereocenters. The van der Waals surface area contributed by atoms with E-state index in [1.807, 2.05) is 42.5 Å². The molecule has 0 saturated heterocycles. The minimum absolute atomic E-state index is 0.293. The molecule has 0 radical (unpaired) electrons. The van der Waals surface area contributed by atoms with Crippen LogP contribution in [0.3, 0.4) is 0 Å². The van der Waals surface area contributed by atoms with E-state index >= 15 is 0 Å². The van der Waals surface area contributed by atoms with E-state index in [1.165, 1.54) is 12.1 Å². The smallest absolute Gasteiger partial charge is 0.131 e. The van der Waals surface area contributed by atoms with Crippen molar-refractivity contribution in [2.75, 3.05) is 0 Å². The molecule has 0 bridgehead atoms. The molecule has 0 aliphatic rings. The van der Waals surface area contributed by atoms with Crippen molar-refractivity contribution >= 4 is 10.8 Å². The molecule has 3 rings (SSSR count). The zero-order valence-electron chi connectivity index (χ0n) is 10.7. The fraction of sp³-hybridized carbons (Fsp3) is 0.0588. The molecule has 0 amide bonds. The van der Waals surface area contributed by atoms with Crippen molar-refractivity contribution < 1.29 is 8.78 Å². The molecule has 1 unspecified atom stereocenters. The molecule has 3 heteroatoms. The van der Waals surface area contributed by atoms with E-state index in [1.54, 1.807) is 0 Å². The summed E-state index contributed by atoms with van der Waals surface area (Å²) in [7, 11) is 0. The Bertz CT molecular complexity index is 768. The van der Waals surface area contributed by atoms with Gasteiger partial charge in [0.1, 0.15) is 11.6 Å². The lowest BCUT2D eigenvalue weighted by molar-refractivity contribution is 0.566. The Balaban J connectivity index is 2.05. The highest BCUT2D eigenvalue weighted by Crippen LogP contribution is 2.25. The van der Waals surface area contributed by atoms with Crippen LogP contribution in [0.1, 0.15) is 17.2 Å². The lowest BCUT2D eigenvalue weighted by atomic mass is 9.96. The normalized spacial score (nSPS) is 12.6. The van der Waals surface area contributed by atoms with Gasteiger partial charge in [-0.1, -0.05) is 42.5 Å². The van der Waals surface area contributed by atoms with Gasteiger partial charge < -0.3 is 5.73 Å². The molecule has 1 nitrogen and oxygen atoms in total. The van der Waals surface area contributed by atoms with Gasteiger partial charge >= 0.3 is 0 Å². The van der Waals surface area contributed by atoms with Crippen LogP contribution in [-0.2, 0) is 0 Å². The molecule has 0 aromatic heterocycles. The van der Waals surface area contributed by atoms with E-state index < -0.39 is 17.7 Å². The lowest BCUT2D eigenvalue weighted by Crippen LogP contribution is -2.13. The van der Waals surface area contributed by atoms with Gasteiger partial charge in [0.05, 0.1) is 6.04 Å². The second-order valence-electron chi connectivity index (χ2n) is 4.75. The van der Waals surface area contributed by atoms with Gasteiger partial charge in [0.15, 0.2) is 0 Å². The zero-order chi connectivity index (χ0) is 14.1. The topological polar surface area (TPSA) is 26.0 Å². The third kappa shape index (κ3) is 2.28. The molecule has 0 spiro atoms. The summed E-state index contributed by atoms with van der Waals surface area (Å²) in [6.07, 6.45) is 0. The summed E-state index contributed by atoms with van der Waals surface area (Å²) in [5, 5.41) is 2.14. The first-order valence-corrected chi connectivity index (χ1v) is 6.34. The van der Waals surface area contributed by atoms with Crippen LogP contribution in [0, 0.1) is 11.6 Å². The van der Waals surface area contributed by atoms with Gasteiger partial charge in [0.25, 0.3) is 0 Å². The minimum Gasteiger partial charge on any atom is -0.320 e. The largest absolute Gasteiger partial charge is 0.320 e. The van der Waals surface area contributed by atoms with Crippen molar-refractivity contribution in [1.29, 1.82) is 0 Å². The van der Waals surface area contributed by atoms with Crippen molar-refractivity contribution in [3.05, 3.63) is 83.4 Å². The van der Waals surface area contributed by atoms with Crippen LogP contribution in [-0.4, -0.2) is 0 Å². The zero-order valence-corrected chi connectivity index (χ0v) is 10.7. The number of hydrogen-bond acceptors (Lipinski definition) is 1. The Hall–Kier alpha value is -2.26. The highest BCUT2D eigenvalue weighted by atomic mass is 19.1. The van der Waals surface area contributed by atoms with Crippen molar-refractivity contribution in [1.82, 2.24) is 0 Å². The average Bonchev–Trinajstić information content (AvgIpc) is 2.46. The predicted molar refractivity (Wildman–Crippen MR) is 76.3 cm³/mol. The highest BCUT2D eigenvalue weighted by molar-refractivity contribution is 5.83. The molecule has 3 aromatic carbocycles. The van der Waals surface area contributed by atoms with Crippen LogP contribution in [0.2, 0.25) is 0 Å². The Morgan fingerprint density at radius 2 is 1.55 bits per heavy atom. The summed E-state index contributed by atoms with van der Waals surface area (Å²) in [5.41, 5.74) is 7.19. The van der Waals surface area contributed by atoms with Crippen LogP contribution in [0.25, 0.3) is 10.8 Å². The van der Waals surface area contributed by atoms with Crippen molar-refractivity contribution in [3.63, 3.8) is 0 Å². The number of halogens is 2. The fourth-order valence-corrected chi connectivity index (χ4v) is 2.33. The molecular weight excluding hydrogens is 256 g/mol. The standard InChI is InChI=1S/C17H13F2N/c18-14-7-8-15(16(19)10-14)17(20)13-6-5-11-3-1-2-4-12(11)9-13/h1-10,17H,20H2. The summed E-state index contributed by atoms with van der Waals surface area (Å²) in [6.45, 7) is 0. The summed E-state index contributed by atoms with van der Waals surface area (Å²) < 4.78 is 26.7. The maximum Gasteiger partial charge on any atom is 0.131 e. The van der Waals surface area contributed by atoms with Gasteiger partial charge in [-0.2, -0.15) is 0 Å². The Kier molecular flexibility index (Phi) is 3.20. The van der Waals surface area contributed by atoms with Crippen LogP contribution in [0.15, 0.2) is 60.7 Å². The second kappa shape index (κ2) is 5.02. The minimum atomic E-state index is -0.620. The van der Waals surface area contributed by atoms with E-state index in [4.69, 9.17) is 5.73 Å². The van der Waals surface area contributed by atoms with Gasteiger partial charge in [-0.05, 0) is 28.5 Å². The van der Waals surface area contributed by atoms with E-state index in [0.29, 0.717) is 5.56 Å². The number of benzene rings is 3. The van der Waals surface area contributed by atoms with E-state index in [9.17, 15) is 8.78 Å². The van der Waals surface area contributed by atoms with Gasteiger partial charge in [0.2, 0.25) is 0 Å². The Morgan fingerprint density at radius 1 is 0.800 bits per heavy atom. The first kappa shape index (κ1) is 12.8. The molecule has 20 heavy (non-hydrogen) atoms. The summed E-state index contributed by atoms with van der Waals surface area (Å²) >= 11 is 0. The summed E-state index contributed by atoms with van der Waals surface area (Å²) in [5.74, 6) is -1.22. The van der Waals surface area contributed by atoms with Gasteiger partial charge in [0, 0.05) is 11.6 Å². The average molecular weight is 269 g/mol. The van der Waals surface area contributed by atoms with E-state index in [-0.39, 0.29) is 0 Å². The van der Waals surface area contributed by atoms with Crippen LogP contribution in [0.4, 0.5) is 8.78 Å². The molecule has 0 fully saturated rings. The molecule has 2 N–H and O–H groups in total. The molecule has 0 heterocycles. The molecule has 0 aliphatic carbocycles. The van der Waals surface area contributed by atoms with Crippen LogP contribution in [0.5, 0.6) is 0 Å². The monoisotopic (exact) mass is 269 g/mol. The lowest BCUT2D eigenvalue weighted by Gasteiger charge is -2.14. The predicted octanol–water partition coefficient (Wildman–Crippen LogP) is 4.17. The first-order chi connectivity index (χ1) is 9.65. The molecular formula is C17H13F2N. The third-order valence-corrected chi connectivity index (χ3v) is 3.43. The summed E-state index contributed by atoms with van der Waals surface area (Å²) in [4.78, 5) is 0. The fourth-order valence-electron chi connectivity index (χ4n) is 2.33. The maximum absolute atomic E-state index is 13.8. The third-order valence-electron chi connectivity index (χ3n) is 3.43. The molecule has 100 valence electrons. The number of hydrogen-bond donors (Lipinski definition) is 1. The van der Waals surface area contributed by atoms with Crippen LogP contribution >= 0.6 is 0 Å². The molecule has 0 aliphatic heterocycles. The van der Waals surface area contributed by atoms with E-state index in [2.05, 4.69) is 0 Å². The maximum atomic E-state index is 13.8. The quantitative estimate of drug-likeness (QED) is 0.742. The van der Waals surface area contributed by atoms with E-state index in [0.717, 1.165) is 22.4 Å². The molecule has 0 saturated carbocycles. The summed E-state index contributed by atoms with van der Waals surface area (Å²) in [6, 6.07) is 16.5. The second-order valence-corrected chi connectivity index (χ2v) is 4.75. The van der Waals surface area contributed by atoms with Crippen molar-refractivity contribution in [2.45, 2.75) is 6.04 Å². The molecule has 3 aromatic rings. The Morgan fingerprint density at radius 3 is 2.30 bits per heavy atom. The number of rotatable bonds is 2. The van der Waals surface area contributed by atoms with Crippen molar-refractivity contribution in [2.24, 2.45) is 5.73 Å². The Labute approximate surface area is 115 Å². The number of fused-ring (bicyclic) bond motifs is 1. The SMILES string of the molecule is NC(c1ccc2ccccc2c1)c1ccc(F)cc1F. The number of nitrogens with two attached hydrogens (primary N) is 1. The van der Waals surface area contributed by atoms with Gasteiger partial charge in [-0.3, -0.25) is 0 Å². The van der Waals surface area contributed by atoms with Crippen LogP contribution < -0.4 is 5.73 Å². The van der Waals surface area contributed by atoms with Gasteiger partial charge in [-0.15, -0.1) is 0 Å². The first-order valence-electron chi connectivity index (χ1n) is 6.34. The highest BCUT2D eigenvalue weighted by Gasteiger charge is 2.14. The van der Waals surface area contributed by atoms with Crippen molar-refractivity contribution in [3.8, 4) is 0 Å².